The second kappa shape index (κ2) is 4.97. The van der Waals surface area contributed by atoms with E-state index in [0.717, 1.165) is 0 Å². The molecule has 0 aliphatic heterocycles. The Labute approximate surface area is 110 Å². The SMILES string of the molecule is Cn1cncc1C(=O)Nc1ccccc1C(N)=S. The summed E-state index contributed by atoms with van der Waals surface area (Å²) in [6.07, 6.45) is 3.06. The first-order chi connectivity index (χ1) is 8.59. The lowest BCUT2D eigenvalue weighted by Gasteiger charge is -2.09. The van der Waals surface area contributed by atoms with Crippen molar-refractivity contribution in [1.82, 2.24) is 9.55 Å². The number of hydrogen-bond acceptors (Lipinski definition) is 3. The van der Waals surface area contributed by atoms with Crippen molar-refractivity contribution in [2.75, 3.05) is 5.32 Å². The fourth-order valence-corrected chi connectivity index (χ4v) is 1.75. The van der Waals surface area contributed by atoms with E-state index < -0.39 is 0 Å². The number of anilines is 1. The Bertz CT molecular complexity index is 606. The highest BCUT2D eigenvalue weighted by atomic mass is 32.1. The Morgan fingerprint density at radius 3 is 2.78 bits per heavy atom. The molecular formula is C12H12N4OS. The first-order valence-electron chi connectivity index (χ1n) is 5.26. The number of benzene rings is 1. The van der Waals surface area contributed by atoms with Gasteiger partial charge in [-0.25, -0.2) is 4.98 Å². The standard InChI is InChI=1S/C12H12N4OS/c1-16-7-14-6-10(16)12(17)15-9-5-3-2-4-8(9)11(13)18/h2-7H,1H3,(H2,13,18)(H,15,17). The second-order valence-corrected chi connectivity index (χ2v) is 4.19. The van der Waals surface area contributed by atoms with E-state index in [0.29, 0.717) is 16.9 Å². The molecule has 1 amide bonds. The lowest BCUT2D eigenvalue weighted by atomic mass is 10.1. The summed E-state index contributed by atoms with van der Waals surface area (Å²) in [6.45, 7) is 0. The van der Waals surface area contributed by atoms with Crippen molar-refractivity contribution in [3.8, 4) is 0 Å². The summed E-state index contributed by atoms with van der Waals surface area (Å²) in [7, 11) is 1.75. The monoisotopic (exact) mass is 260 g/mol. The zero-order chi connectivity index (χ0) is 13.1. The van der Waals surface area contributed by atoms with Crippen molar-refractivity contribution < 1.29 is 4.79 Å². The number of imidazole rings is 1. The van der Waals surface area contributed by atoms with Gasteiger partial charge in [0, 0.05) is 12.6 Å². The summed E-state index contributed by atoms with van der Waals surface area (Å²) in [5.41, 5.74) is 7.30. The van der Waals surface area contributed by atoms with Gasteiger partial charge in [-0.2, -0.15) is 0 Å². The molecule has 3 N–H and O–H groups in total. The number of rotatable bonds is 3. The molecule has 0 unspecified atom stereocenters. The number of para-hydroxylation sites is 1. The van der Waals surface area contributed by atoms with E-state index in [4.69, 9.17) is 18.0 Å². The minimum absolute atomic E-state index is 0.246. The van der Waals surface area contributed by atoms with E-state index in [2.05, 4.69) is 10.3 Å². The first-order valence-corrected chi connectivity index (χ1v) is 5.67. The van der Waals surface area contributed by atoms with Crippen LogP contribution in [-0.4, -0.2) is 20.4 Å². The van der Waals surface area contributed by atoms with Crippen molar-refractivity contribution in [1.29, 1.82) is 0 Å². The molecule has 0 aliphatic rings. The highest BCUT2D eigenvalue weighted by Crippen LogP contribution is 2.15. The average Bonchev–Trinajstić information content (AvgIpc) is 2.76. The number of aromatic nitrogens is 2. The van der Waals surface area contributed by atoms with Crippen LogP contribution >= 0.6 is 12.2 Å². The molecule has 2 rings (SSSR count). The molecule has 0 saturated carbocycles. The minimum atomic E-state index is -0.251. The van der Waals surface area contributed by atoms with E-state index in [1.165, 1.54) is 6.20 Å². The van der Waals surface area contributed by atoms with Gasteiger partial charge in [-0.1, -0.05) is 24.4 Å². The fourth-order valence-electron chi connectivity index (χ4n) is 1.57. The van der Waals surface area contributed by atoms with Gasteiger partial charge in [0.25, 0.3) is 5.91 Å². The number of amides is 1. The van der Waals surface area contributed by atoms with Crippen LogP contribution in [0.15, 0.2) is 36.8 Å². The molecule has 0 bridgehead atoms. The van der Waals surface area contributed by atoms with Crippen LogP contribution in [0.4, 0.5) is 5.69 Å². The maximum Gasteiger partial charge on any atom is 0.273 e. The van der Waals surface area contributed by atoms with Crippen molar-refractivity contribution in [3.63, 3.8) is 0 Å². The molecule has 0 aliphatic carbocycles. The molecule has 0 spiro atoms. The predicted octanol–water partition coefficient (Wildman–Crippen LogP) is 1.31. The quantitative estimate of drug-likeness (QED) is 0.816. The third-order valence-electron chi connectivity index (χ3n) is 2.49. The average molecular weight is 260 g/mol. The molecule has 0 radical (unpaired) electrons. The van der Waals surface area contributed by atoms with Gasteiger partial charge in [0.1, 0.15) is 10.7 Å². The Morgan fingerprint density at radius 1 is 1.44 bits per heavy atom. The Morgan fingerprint density at radius 2 is 2.17 bits per heavy atom. The highest BCUT2D eigenvalue weighted by Gasteiger charge is 2.12. The molecule has 0 saturated heterocycles. The molecule has 0 fully saturated rings. The van der Waals surface area contributed by atoms with Crippen LogP contribution < -0.4 is 11.1 Å². The van der Waals surface area contributed by atoms with Gasteiger partial charge in [0.15, 0.2) is 0 Å². The molecule has 92 valence electrons. The van der Waals surface area contributed by atoms with Crippen LogP contribution in [0.2, 0.25) is 0 Å². The summed E-state index contributed by atoms with van der Waals surface area (Å²) in [5, 5.41) is 2.77. The number of nitrogens with two attached hydrogens (primary N) is 1. The second-order valence-electron chi connectivity index (χ2n) is 3.75. The van der Waals surface area contributed by atoms with Crippen molar-refractivity contribution in [2.45, 2.75) is 0 Å². The summed E-state index contributed by atoms with van der Waals surface area (Å²) in [5.74, 6) is -0.251. The topological polar surface area (TPSA) is 72.9 Å². The van der Waals surface area contributed by atoms with E-state index in [9.17, 15) is 4.79 Å². The molecule has 5 nitrogen and oxygen atoms in total. The maximum absolute atomic E-state index is 12.0. The van der Waals surface area contributed by atoms with Gasteiger partial charge in [-0.15, -0.1) is 0 Å². The van der Waals surface area contributed by atoms with E-state index in [-0.39, 0.29) is 10.9 Å². The fraction of sp³-hybridized carbons (Fsp3) is 0.0833. The largest absolute Gasteiger partial charge is 0.389 e. The number of nitrogens with zero attached hydrogens (tertiary/aromatic N) is 2. The normalized spacial score (nSPS) is 10.1. The maximum atomic E-state index is 12.0. The van der Waals surface area contributed by atoms with Crippen LogP contribution in [0.1, 0.15) is 16.1 Å². The van der Waals surface area contributed by atoms with Crippen molar-refractivity contribution >= 4 is 28.8 Å². The van der Waals surface area contributed by atoms with Gasteiger partial charge in [-0.05, 0) is 12.1 Å². The zero-order valence-corrected chi connectivity index (χ0v) is 10.6. The lowest BCUT2D eigenvalue weighted by Crippen LogP contribution is -2.19. The molecule has 1 aromatic heterocycles. The third-order valence-corrected chi connectivity index (χ3v) is 2.71. The minimum Gasteiger partial charge on any atom is -0.389 e. The number of thiocarbonyl (C=S) groups is 1. The Kier molecular flexibility index (Phi) is 3.38. The van der Waals surface area contributed by atoms with Crippen LogP contribution in [0.25, 0.3) is 0 Å². The molecule has 1 heterocycles. The predicted molar refractivity (Wildman–Crippen MR) is 73.5 cm³/mol. The zero-order valence-electron chi connectivity index (χ0n) is 9.75. The lowest BCUT2D eigenvalue weighted by molar-refractivity contribution is 0.101. The summed E-state index contributed by atoms with van der Waals surface area (Å²) >= 11 is 4.94. The third kappa shape index (κ3) is 2.38. The van der Waals surface area contributed by atoms with Gasteiger partial charge in [0.05, 0.1) is 18.2 Å². The summed E-state index contributed by atoms with van der Waals surface area (Å²) in [6, 6.07) is 7.14. The number of carbonyl (C=O) groups excluding carboxylic acids is 1. The smallest absolute Gasteiger partial charge is 0.273 e. The Hall–Kier alpha value is -2.21. The Balaban J connectivity index is 2.28. The van der Waals surface area contributed by atoms with Gasteiger partial charge in [-0.3, -0.25) is 4.79 Å². The molecular weight excluding hydrogens is 248 g/mol. The van der Waals surface area contributed by atoms with Gasteiger partial charge in [0.2, 0.25) is 0 Å². The molecule has 6 heteroatoms. The molecule has 2 aromatic rings. The van der Waals surface area contributed by atoms with E-state index >= 15 is 0 Å². The number of aryl methyl sites for hydroxylation is 1. The van der Waals surface area contributed by atoms with Gasteiger partial charge < -0.3 is 15.6 Å². The van der Waals surface area contributed by atoms with Crippen LogP contribution in [0.3, 0.4) is 0 Å². The summed E-state index contributed by atoms with van der Waals surface area (Å²) < 4.78 is 1.64. The molecule has 18 heavy (non-hydrogen) atoms. The van der Waals surface area contributed by atoms with Crippen molar-refractivity contribution in [3.05, 3.63) is 48.0 Å². The van der Waals surface area contributed by atoms with Crippen LogP contribution in [0.5, 0.6) is 0 Å². The highest BCUT2D eigenvalue weighted by molar-refractivity contribution is 7.80. The first kappa shape index (κ1) is 12.3. The van der Waals surface area contributed by atoms with E-state index in [1.54, 1.807) is 36.1 Å². The van der Waals surface area contributed by atoms with Crippen molar-refractivity contribution in [2.24, 2.45) is 12.8 Å². The van der Waals surface area contributed by atoms with Crippen LogP contribution in [-0.2, 0) is 7.05 Å². The van der Waals surface area contributed by atoms with Gasteiger partial charge >= 0.3 is 0 Å². The number of hydrogen-bond donors (Lipinski definition) is 2. The summed E-state index contributed by atoms with van der Waals surface area (Å²) in [4.78, 5) is 16.2. The molecule has 1 aromatic carbocycles. The number of nitrogens with one attached hydrogen (secondary N) is 1. The van der Waals surface area contributed by atoms with E-state index in [1.807, 2.05) is 6.07 Å². The number of carbonyl (C=O) groups is 1. The van der Waals surface area contributed by atoms with Crippen LogP contribution in [0, 0.1) is 0 Å². The molecule has 0 atom stereocenters.